The second kappa shape index (κ2) is 11.5. The number of nitrogens with one attached hydrogen (secondary N) is 2. The summed E-state index contributed by atoms with van der Waals surface area (Å²) in [5.41, 5.74) is 1.04. The molecule has 160 valence electrons. The molecule has 0 aliphatic rings. The normalized spacial score (nSPS) is 11.4. The molecule has 30 heavy (non-hydrogen) atoms. The van der Waals surface area contributed by atoms with Crippen LogP contribution in [-0.2, 0) is 14.4 Å². The fourth-order valence-electron chi connectivity index (χ4n) is 2.57. The van der Waals surface area contributed by atoms with E-state index in [1.54, 1.807) is 36.4 Å². The minimum absolute atomic E-state index is 0.103. The van der Waals surface area contributed by atoms with Crippen LogP contribution in [0.3, 0.4) is 0 Å². The molecule has 7 nitrogen and oxygen atoms in total. The van der Waals surface area contributed by atoms with Crippen LogP contribution in [0.15, 0.2) is 47.4 Å². The van der Waals surface area contributed by atoms with Crippen molar-refractivity contribution in [1.82, 2.24) is 0 Å². The predicted molar refractivity (Wildman–Crippen MR) is 119 cm³/mol. The van der Waals surface area contributed by atoms with E-state index < -0.39 is 5.97 Å². The number of benzene rings is 2. The Morgan fingerprint density at radius 3 is 2.57 bits per heavy atom. The number of rotatable bonds is 10. The quantitative estimate of drug-likeness (QED) is 0.454. The molecule has 0 aliphatic heterocycles. The first-order valence-corrected chi connectivity index (χ1v) is 10.5. The molecule has 2 rings (SSSR count). The first kappa shape index (κ1) is 23.6. The Balaban J connectivity index is 2.05. The van der Waals surface area contributed by atoms with Gasteiger partial charge in [-0.1, -0.05) is 24.6 Å². The number of hydrogen-bond donors (Lipinski definition) is 3. The second-order valence-corrected chi connectivity index (χ2v) is 8.03. The molecule has 0 radical (unpaired) electrons. The Hall–Kier alpha value is -2.71. The van der Waals surface area contributed by atoms with E-state index in [9.17, 15) is 14.4 Å². The van der Waals surface area contributed by atoms with E-state index in [0.717, 1.165) is 4.90 Å². The monoisotopic (exact) mass is 450 g/mol. The van der Waals surface area contributed by atoms with Gasteiger partial charge in [-0.25, -0.2) is 0 Å². The van der Waals surface area contributed by atoms with Crippen LogP contribution in [-0.4, -0.2) is 35.2 Å². The third-order valence-corrected chi connectivity index (χ3v) is 5.64. The summed E-state index contributed by atoms with van der Waals surface area (Å²) in [7, 11) is 1.52. The lowest BCUT2D eigenvalue weighted by atomic mass is 10.2. The highest BCUT2D eigenvalue weighted by atomic mass is 35.5. The zero-order chi connectivity index (χ0) is 22.1. The molecule has 2 aromatic carbocycles. The summed E-state index contributed by atoms with van der Waals surface area (Å²) < 4.78 is 5.26. The number of methoxy groups -OCH3 is 1. The number of amides is 2. The van der Waals surface area contributed by atoms with Gasteiger partial charge in [-0.3, -0.25) is 14.4 Å². The van der Waals surface area contributed by atoms with E-state index in [4.69, 9.17) is 21.4 Å². The van der Waals surface area contributed by atoms with Crippen LogP contribution >= 0.6 is 23.4 Å². The molecule has 2 amide bonds. The summed E-state index contributed by atoms with van der Waals surface area (Å²) in [6.45, 7) is 1.91. The van der Waals surface area contributed by atoms with E-state index in [-0.39, 0.29) is 29.9 Å². The van der Waals surface area contributed by atoms with Crippen LogP contribution in [0.25, 0.3) is 0 Å². The van der Waals surface area contributed by atoms with Gasteiger partial charge in [0.1, 0.15) is 5.75 Å². The van der Waals surface area contributed by atoms with Crippen LogP contribution in [0.1, 0.15) is 26.2 Å². The number of carbonyl (C=O) groups excluding carboxylic acids is 2. The molecular weight excluding hydrogens is 428 g/mol. The molecule has 2 aromatic rings. The van der Waals surface area contributed by atoms with Crippen LogP contribution in [0.2, 0.25) is 5.02 Å². The van der Waals surface area contributed by atoms with Gasteiger partial charge in [-0.15, -0.1) is 11.8 Å². The highest BCUT2D eigenvalue weighted by Gasteiger charge is 2.20. The summed E-state index contributed by atoms with van der Waals surface area (Å²) in [5, 5.41) is 14.3. The van der Waals surface area contributed by atoms with E-state index in [0.29, 0.717) is 28.6 Å². The maximum absolute atomic E-state index is 12.8. The van der Waals surface area contributed by atoms with Gasteiger partial charge < -0.3 is 20.5 Å². The number of carboxylic acid groups (broad SMARTS) is 1. The minimum Gasteiger partial charge on any atom is -0.495 e. The predicted octanol–water partition coefficient (Wildman–Crippen LogP) is 4.66. The average molecular weight is 451 g/mol. The van der Waals surface area contributed by atoms with Gasteiger partial charge in [0.15, 0.2) is 0 Å². The van der Waals surface area contributed by atoms with Crippen LogP contribution < -0.4 is 15.4 Å². The molecule has 0 heterocycles. The molecule has 0 saturated heterocycles. The Kier molecular flexibility index (Phi) is 9.01. The number of thioether (sulfide) groups is 1. The lowest BCUT2D eigenvalue weighted by Crippen LogP contribution is -2.24. The van der Waals surface area contributed by atoms with Gasteiger partial charge in [0.25, 0.3) is 0 Å². The van der Waals surface area contributed by atoms with E-state index >= 15 is 0 Å². The topological polar surface area (TPSA) is 105 Å². The van der Waals surface area contributed by atoms with E-state index in [2.05, 4.69) is 10.6 Å². The number of anilines is 2. The first-order chi connectivity index (χ1) is 14.3. The molecule has 0 spiro atoms. The highest BCUT2D eigenvalue weighted by molar-refractivity contribution is 8.00. The van der Waals surface area contributed by atoms with Gasteiger partial charge in [-0.05, 0) is 42.8 Å². The average Bonchev–Trinajstić information content (AvgIpc) is 2.71. The maximum atomic E-state index is 12.8. The Bertz CT molecular complexity index is 922. The Morgan fingerprint density at radius 2 is 1.90 bits per heavy atom. The van der Waals surface area contributed by atoms with Crippen molar-refractivity contribution in [3.63, 3.8) is 0 Å². The summed E-state index contributed by atoms with van der Waals surface area (Å²) >= 11 is 7.38. The van der Waals surface area contributed by atoms with Gasteiger partial charge in [0.05, 0.1) is 24.5 Å². The molecule has 1 unspecified atom stereocenters. The number of carbonyl (C=O) groups is 3. The first-order valence-electron chi connectivity index (χ1n) is 9.25. The molecule has 0 bridgehead atoms. The largest absolute Gasteiger partial charge is 0.495 e. The fourth-order valence-corrected chi connectivity index (χ4v) is 3.75. The molecule has 0 fully saturated rings. The van der Waals surface area contributed by atoms with Crippen molar-refractivity contribution < 1.29 is 24.2 Å². The summed E-state index contributed by atoms with van der Waals surface area (Å²) in [4.78, 5) is 36.0. The Labute approximate surface area is 184 Å². The number of carboxylic acids is 1. The van der Waals surface area contributed by atoms with Gasteiger partial charge in [-0.2, -0.15) is 0 Å². The van der Waals surface area contributed by atoms with Crippen LogP contribution in [0.5, 0.6) is 5.75 Å². The molecule has 0 saturated carbocycles. The molecule has 0 aliphatic carbocycles. The number of aliphatic carboxylic acids is 1. The SMILES string of the molecule is CCC(Sc1cccc(NC(=O)CCC(=O)O)c1)C(=O)Nc1cc(Cl)ccc1OC. The summed E-state index contributed by atoms with van der Waals surface area (Å²) in [6, 6.07) is 12.1. The van der Waals surface area contributed by atoms with Crippen molar-refractivity contribution in [3.05, 3.63) is 47.5 Å². The summed E-state index contributed by atoms with van der Waals surface area (Å²) in [5.74, 6) is -1.09. The number of hydrogen-bond acceptors (Lipinski definition) is 5. The van der Waals surface area contributed by atoms with Crippen molar-refractivity contribution in [2.24, 2.45) is 0 Å². The van der Waals surface area contributed by atoms with Gasteiger partial charge >= 0.3 is 5.97 Å². The lowest BCUT2D eigenvalue weighted by Gasteiger charge is -2.17. The fraction of sp³-hybridized carbons (Fsp3) is 0.286. The number of ether oxygens (including phenoxy) is 1. The number of halogens is 1. The molecule has 3 N–H and O–H groups in total. The smallest absolute Gasteiger partial charge is 0.303 e. The zero-order valence-electron chi connectivity index (χ0n) is 16.6. The zero-order valence-corrected chi connectivity index (χ0v) is 18.2. The maximum Gasteiger partial charge on any atom is 0.303 e. The Morgan fingerprint density at radius 1 is 1.13 bits per heavy atom. The van der Waals surface area contributed by atoms with Gasteiger partial charge in [0, 0.05) is 22.0 Å². The minimum atomic E-state index is -1.03. The van der Waals surface area contributed by atoms with Crippen molar-refractivity contribution in [2.45, 2.75) is 36.3 Å². The van der Waals surface area contributed by atoms with Crippen LogP contribution in [0, 0.1) is 0 Å². The van der Waals surface area contributed by atoms with E-state index in [1.165, 1.54) is 18.9 Å². The molecule has 1 atom stereocenters. The molecule has 0 aromatic heterocycles. The van der Waals surface area contributed by atoms with E-state index in [1.807, 2.05) is 13.0 Å². The molecule has 9 heteroatoms. The van der Waals surface area contributed by atoms with Crippen molar-refractivity contribution in [3.8, 4) is 5.75 Å². The second-order valence-electron chi connectivity index (χ2n) is 6.32. The van der Waals surface area contributed by atoms with Gasteiger partial charge in [0.2, 0.25) is 11.8 Å². The lowest BCUT2D eigenvalue weighted by molar-refractivity contribution is -0.138. The third-order valence-electron chi connectivity index (χ3n) is 4.04. The van der Waals surface area contributed by atoms with Crippen LogP contribution in [0.4, 0.5) is 11.4 Å². The summed E-state index contributed by atoms with van der Waals surface area (Å²) in [6.07, 6.45) is 0.244. The van der Waals surface area contributed by atoms with Crippen molar-refractivity contribution in [1.29, 1.82) is 0 Å². The highest BCUT2D eigenvalue weighted by Crippen LogP contribution is 2.31. The molecular formula is C21H23ClN2O5S. The standard InChI is InChI=1S/C21H23ClN2O5S/c1-3-18(21(28)24-16-11-13(22)7-8-17(16)29-2)30-15-6-4-5-14(12-15)23-19(25)9-10-20(26)27/h4-8,11-12,18H,3,9-10H2,1-2H3,(H,23,25)(H,24,28)(H,26,27). The third kappa shape index (κ3) is 7.27. The van der Waals surface area contributed by atoms with Crippen molar-refractivity contribution >= 4 is 52.5 Å². The van der Waals surface area contributed by atoms with Crippen molar-refractivity contribution in [2.75, 3.05) is 17.7 Å².